The summed E-state index contributed by atoms with van der Waals surface area (Å²) in [4.78, 5) is 23.4. The van der Waals surface area contributed by atoms with Crippen molar-refractivity contribution in [1.29, 1.82) is 0 Å². The van der Waals surface area contributed by atoms with E-state index in [2.05, 4.69) is 36.1 Å². The van der Waals surface area contributed by atoms with Crippen molar-refractivity contribution in [2.24, 2.45) is 0 Å². The highest BCUT2D eigenvalue weighted by atomic mass is 32.1. The van der Waals surface area contributed by atoms with Crippen LogP contribution in [0.4, 0.5) is 11.4 Å². The Labute approximate surface area is 221 Å². The van der Waals surface area contributed by atoms with Gasteiger partial charge in [0, 0.05) is 42.5 Å². The molecule has 1 amide bonds. The molecule has 1 aliphatic heterocycles. The predicted molar refractivity (Wildman–Crippen MR) is 148 cm³/mol. The lowest BCUT2D eigenvalue weighted by Gasteiger charge is -2.29. The molecule has 0 unspecified atom stereocenters. The lowest BCUT2D eigenvalue weighted by molar-refractivity contribution is -0.115. The number of amides is 1. The van der Waals surface area contributed by atoms with E-state index in [0.717, 1.165) is 28.5 Å². The molecule has 5 rings (SSSR count). The Morgan fingerprint density at radius 2 is 2.00 bits per heavy atom. The van der Waals surface area contributed by atoms with Crippen LogP contribution in [0.1, 0.15) is 42.4 Å². The molecule has 2 N–H and O–H groups in total. The van der Waals surface area contributed by atoms with E-state index in [1.165, 1.54) is 0 Å². The first-order valence-electron chi connectivity index (χ1n) is 12.1. The summed E-state index contributed by atoms with van der Waals surface area (Å²) in [7, 11) is 1.59. The monoisotopic (exact) mass is 512 g/mol. The van der Waals surface area contributed by atoms with Gasteiger partial charge in [-0.2, -0.15) is 0 Å². The van der Waals surface area contributed by atoms with Gasteiger partial charge in [0.1, 0.15) is 17.6 Å². The first-order chi connectivity index (χ1) is 18.0. The molecule has 0 radical (unpaired) electrons. The Morgan fingerprint density at radius 3 is 2.70 bits per heavy atom. The molecule has 4 aromatic rings. The summed E-state index contributed by atoms with van der Waals surface area (Å²) < 4.78 is 7.71. The third kappa shape index (κ3) is 4.77. The number of carbonyl (C=O) groups is 1. The molecular formula is C28H28N6O2S. The number of thiocarbonyl (C=S) groups is 1. The average Bonchev–Trinajstić information content (AvgIpc) is 3.54. The molecule has 0 saturated carbocycles. The van der Waals surface area contributed by atoms with Gasteiger partial charge in [0.05, 0.1) is 24.5 Å². The van der Waals surface area contributed by atoms with E-state index < -0.39 is 0 Å². The highest BCUT2D eigenvalue weighted by molar-refractivity contribution is 7.80. The molecule has 0 aliphatic carbocycles. The van der Waals surface area contributed by atoms with Gasteiger partial charge in [-0.1, -0.05) is 19.1 Å². The summed E-state index contributed by atoms with van der Waals surface area (Å²) in [6.45, 7) is 3.83. The van der Waals surface area contributed by atoms with Crippen LogP contribution in [-0.4, -0.2) is 32.7 Å². The topological polar surface area (TPSA) is 84.3 Å². The number of hydrogen-bond donors (Lipinski definition) is 2. The number of rotatable bonds is 7. The number of aromatic nitrogens is 3. The van der Waals surface area contributed by atoms with Crippen LogP contribution in [0.5, 0.6) is 5.75 Å². The van der Waals surface area contributed by atoms with E-state index in [-0.39, 0.29) is 18.0 Å². The van der Waals surface area contributed by atoms with Crippen molar-refractivity contribution in [1.82, 2.24) is 19.9 Å². The van der Waals surface area contributed by atoms with Crippen LogP contribution < -0.4 is 20.3 Å². The summed E-state index contributed by atoms with van der Waals surface area (Å²) in [5, 5.41) is 6.95. The Kier molecular flexibility index (Phi) is 6.87. The van der Waals surface area contributed by atoms with E-state index in [1.807, 2.05) is 80.8 Å². The van der Waals surface area contributed by atoms with Crippen LogP contribution in [0.25, 0.3) is 5.82 Å². The number of nitrogens with zero attached hydrogens (tertiary/aromatic N) is 4. The zero-order valence-electron chi connectivity index (χ0n) is 20.9. The predicted octanol–water partition coefficient (Wildman–Crippen LogP) is 5.11. The van der Waals surface area contributed by atoms with E-state index in [0.29, 0.717) is 23.0 Å². The van der Waals surface area contributed by atoms with Gasteiger partial charge in [-0.25, -0.2) is 4.98 Å². The van der Waals surface area contributed by atoms with Gasteiger partial charge in [0.15, 0.2) is 5.11 Å². The van der Waals surface area contributed by atoms with Crippen LogP contribution in [0.3, 0.4) is 0 Å². The summed E-state index contributed by atoms with van der Waals surface area (Å²) in [6, 6.07) is 19.2. The number of hydrogen-bond acceptors (Lipinski definition) is 5. The zero-order valence-corrected chi connectivity index (χ0v) is 21.7. The van der Waals surface area contributed by atoms with Crippen LogP contribution >= 0.6 is 12.2 Å². The van der Waals surface area contributed by atoms with E-state index in [4.69, 9.17) is 17.0 Å². The highest BCUT2D eigenvalue weighted by Crippen LogP contribution is 2.43. The van der Waals surface area contributed by atoms with E-state index >= 15 is 0 Å². The number of nitrogens with one attached hydrogen (secondary N) is 2. The minimum absolute atomic E-state index is 0.0825. The number of methoxy groups -OCH3 is 1. The molecular weight excluding hydrogens is 484 g/mol. The normalized spacial score (nSPS) is 16.9. The van der Waals surface area contributed by atoms with Gasteiger partial charge in [-0.15, -0.1) is 0 Å². The number of carbonyl (C=O) groups excluding carboxylic acids is 1. The molecule has 0 spiro atoms. The van der Waals surface area contributed by atoms with Crippen molar-refractivity contribution >= 4 is 34.6 Å². The van der Waals surface area contributed by atoms with Crippen LogP contribution in [0, 0.1) is 6.92 Å². The Bertz CT molecular complexity index is 1420. The fourth-order valence-electron chi connectivity index (χ4n) is 4.55. The van der Waals surface area contributed by atoms with Crippen LogP contribution in [-0.2, 0) is 4.79 Å². The number of benzene rings is 1. The summed E-state index contributed by atoms with van der Waals surface area (Å²) in [5.74, 6) is 1.29. The molecule has 37 heavy (non-hydrogen) atoms. The third-order valence-electron chi connectivity index (χ3n) is 6.38. The Hall–Kier alpha value is -4.24. The van der Waals surface area contributed by atoms with Crippen molar-refractivity contribution < 1.29 is 9.53 Å². The van der Waals surface area contributed by atoms with E-state index in [1.54, 1.807) is 13.3 Å². The molecule has 3 aromatic heterocycles. The fraction of sp³-hybridized carbons (Fsp3) is 0.214. The number of pyridine rings is 2. The molecule has 9 heteroatoms. The lowest BCUT2D eigenvalue weighted by Crippen LogP contribution is -2.30. The van der Waals surface area contributed by atoms with Crippen molar-refractivity contribution in [3.05, 3.63) is 96.2 Å². The molecule has 4 heterocycles. The van der Waals surface area contributed by atoms with Gasteiger partial charge in [-0.3, -0.25) is 9.78 Å². The maximum Gasteiger partial charge on any atom is 0.224 e. The molecule has 1 saturated heterocycles. The first-order valence-corrected chi connectivity index (χ1v) is 12.5. The van der Waals surface area contributed by atoms with Gasteiger partial charge in [-0.05, 0) is 67.2 Å². The molecule has 8 nitrogen and oxygen atoms in total. The van der Waals surface area contributed by atoms with Crippen molar-refractivity contribution in [2.45, 2.75) is 32.4 Å². The quantitative estimate of drug-likeness (QED) is 0.333. The van der Waals surface area contributed by atoms with Crippen LogP contribution in [0.2, 0.25) is 0 Å². The number of anilines is 2. The van der Waals surface area contributed by atoms with Gasteiger partial charge >= 0.3 is 0 Å². The minimum atomic E-state index is -0.235. The Balaban J connectivity index is 1.62. The number of aryl methyl sites for hydroxylation is 1. The summed E-state index contributed by atoms with van der Waals surface area (Å²) in [6.07, 6.45) is 6.03. The number of ether oxygens (including phenoxy) is 1. The molecule has 1 aromatic carbocycles. The maximum absolute atomic E-state index is 12.0. The third-order valence-corrected chi connectivity index (χ3v) is 6.70. The lowest BCUT2D eigenvalue weighted by atomic mass is 10.0. The summed E-state index contributed by atoms with van der Waals surface area (Å²) in [5.41, 5.74) is 4.41. The standard InChI is InChI=1S/C28H28N6O2S/c1-4-25(35)31-20-12-11-19(16-23(20)36-3)34-27(26(32-28(34)37)21-8-5-6-14-29-21)22-9-7-15-33(22)24-13-10-18(2)17-30-24/h5-17,26-27H,4H2,1-3H3,(H,31,35)(H,32,37)/t26-,27+/m0/s1. The second-order valence-corrected chi connectivity index (χ2v) is 9.17. The summed E-state index contributed by atoms with van der Waals surface area (Å²) >= 11 is 5.88. The van der Waals surface area contributed by atoms with Crippen molar-refractivity contribution in [2.75, 3.05) is 17.3 Å². The maximum atomic E-state index is 12.0. The molecule has 1 aliphatic rings. The van der Waals surface area contributed by atoms with Gasteiger partial charge in [0.25, 0.3) is 0 Å². The fourth-order valence-corrected chi connectivity index (χ4v) is 4.90. The van der Waals surface area contributed by atoms with Gasteiger partial charge in [0.2, 0.25) is 5.91 Å². The molecule has 188 valence electrons. The second-order valence-electron chi connectivity index (χ2n) is 8.78. The molecule has 0 bridgehead atoms. The van der Waals surface area contributed by atoms with Crippen molar-refractivity contribution in [3.63, 3.8) is 0 Å². The van der Waals surface area contributed by atoms with Crippen LogP contribution in [0.15, 0.2) is 79.3 Å². The highest BCUT2D eigenvalue weighted by Gasteiger charge is 2.42. The first kappa shape index (κ1) is 24.5. The van der Waals surface area contributed by atoms with Crippen molar-refractivity contribution in [3.8, 4) is 11.6 Å². The molecule has 1 fully saturated rings. The second kappa shape index (κ2) is 10.4. The largest absolute Gasteiger partial charge is 0.494 e. The SMILES string of the molecule is CCC(=O)Nc1ccc(N2C(=S)N[C@@H](c3ccccn3)[C@H]2c2cccn2-c2ccc(C)cn2)cc1OC. The smallest absolute Gasteiger partial charge is 0.224 e. The Morgan fingerprint density at radius 1 is 1.14 bits per heavy atom. The zero-order chi connectivity index (χ0) is 25.9. The minimum Gasteiger partial charge on any atom is -0.494 e. The average molecular weight is 513 g/mol. The van der Waals surface area contributed by atoms with E-state index in [9.17, 15) is 4.79 Å². The molecule has 2 atom stereocenters. The van der Waals surface area contributed by atoms with Gasteiger partial charge < -0.3 is 24.8 Å².